The van der Waals surface area contributed by atoms with Crippen molar-refractivity contribution in [2.45, 2.75) is 32.6 Å². The van der Waals surface area contributed by atoms with E-state index in [0.717, 1.165) is 48.5 Å². The summed E-state index contributed by atoms with van der Waals surface area (Å²) in [6, 6.07) is 2.00. The van der Waals surface area contributed by atoms with Crippen LogP contribution >= 0.6 is 0 Å². The van der Waals surface area contributed by atoms with E-state index in [2.05, 4.69) is 31.0 Å². The molecular weight excluding hydrogens is 316 g/mol. The van der Waals surface area contributed by atoms with E-state index in [9.17, 15) is 0 Å². The Morgan fingerprint density at radius 1 is 1.28 bits per heavy atom. The Morgan fingerprint density at radius 3 is 2.84 bits per heavy atom. The van der Waals surface area contributed by atoms with Crippen LogP contribution in [0.25, 0.3) is 17.0 Å². The van der Waals surface area contributed by atoms with Crippen LogP contribution in [0.1, 0.15) is 36.0 Å². The van der Waals surface area contributed by atoms with Crippen LogP contribution in [0.2, 0.25) is 0 Å². The molecule has 1 aliphatic rings. The highest BCUT2D eigenvalue weighted by molar-refractivity contribution is 5.72. The molecule has 0 aromatic carbocycles. The Morgan fingerprint density at radius 2 is 2.08 bits per heavy atom. The lowest BCUT2D eigenvalue weighted by Crippen LogP contribution is -2.33. The number of rotatable bonds is 3. The predicted molar refractivity (Wildman–Crippen MR) is 93.0 cm³/mol. The highest BCUT2D eigenvalue weighted by Gasteiger charge is 2.26. The van der Waals surface area contributed by atoms with Crippen LogP contribution in [-0.4, -0.2) is 49.3 Å². The zero-order valence-electron chi connectivity index (χ0n) is 14.4. The molecule has 0 amide bonds. The van der Waals surface area contributed by atoms with Gasteiger partial charge in [0.2, 0.25) is 11.7 Å². The molecule has 3 aromatic rings. The van der Waals surface area contributed by atoms with Gasteiger partial charge in [0.25, 0.3) is 0 Å². The van der Waals surface area contributed by atoms with E-state index in [0.29, 0.717) is 18.3 Å². The van der Waals surface area contributed by atoms with Gasteiger partial charge < -0.3 is 4.52 Å². The third-order valence-electron chi connectivity index (χ3n) is 4.71. The maximum atomic E-state index is 5.55. The lowest BCUT2D eigenvalue weighted by molar-refractivity contribution is 0.212. The van der Waals surface area contributed by atoms with Crippen LogP contribution in [0, 0.1) is 26.2 Å². The predicted octanol–water partition coefficient (Wildman–Crippen LogP) is 2.21. The molecule has 7 heteroatoms. The maximum absolute atomic E-state index is 5.55. The highest BCUT2D eigenvalue weighted by atomic mass is 16.5. The molecule has 25 heavy (non-hydrogen) atoms. The van der Waals surface area contributed by atoms with E-state index in [4.69, 9.17) is 10.9 Å². The first kappa shape index (κ1) is 15.8. The number of hydrogen-bond acceptors (Lipinski definition) is 6. The van der Waals surface area contributed by atoms with Gasteiger partial charge in [-0.3, -0.25) is 4.90 Å². The number of nitrogens with zero attached hydrogens (tertiary/aromatic N) is 6. The Hall–Kier alpha value is -2.72. The monoisotopic (exact) mass is 336 g/mol. The van der Waals surface area contributed by atoms with Crippen molar-refractivity contribution in [3.63, 3.8) is 0 Å². The molecular formula is C18H20N6O. The molecule has 0 unspecified atom stereocenters. The first-order chi connectivity index (χ1) is 12.2. The highest BCUT2D eigenvalue weighted by Crippen LogP contribution is 2.29. The van der Waals surface area contributed by atoms with Gasteiger partial charge in [-0.15, -0.1) is 6.42 Å². The van der Waals surface area contributed by atoms with Crippen molar-refractivity contribution < 1.29 is 4.52 Å². The number of aromatic nitrogens is 5. The third kappa shape index (κ3) is 2.89. The Bertz CT molecular complexity index is 942. The van der Waals surface area contributed by atoms with Crippen LogP contribution in [0.3, 0.4) is 0 Å². The normalized spacial score (nSPS) is 16.4. The molecule has 4 rings (SSSR count). The molecule has 0 bridgehead atoms. The first-order valence-electron chi connectivity index (χ1n) is 8.47. The van der Waals surface area contributed by atoms with Gasteiger partial charge >= 0.3 is 0 Å². The summed E-state index contributed by atoms with van der Waals surface area (Å²) >= 11 is 0. The van der Waals surface area contributed by atoms with Crippen molar-refractivity contribution in [1.82, 2.24) is 29.6 Å². The summed E-state index contributed by atoms with van der Waals surface area (Å²) in [5, 5.41) is 8.57. The van der Waals surface area contributed by atoms with Gasteiger partial charge in [-0.05, 0) is 45.8 Å². The Kier molecular flexibility index (Phi) is 3.98. The molecule has 0 spiro atoms. The van der Waals surface area contributed by atoms with Crippen molar-refractivity contribution in [1.29, 1.82) is 0 Å². The van der Waals surface area contributed by atoms with Gasteiger partial charge in [0.05, 0.1) is 18.3 Å². The average Bonchev–Trinajstić information content (AvgIpc) is 3.22. The van der Waals surface area contributed by atoms with Gasteiger partial charge in [-0.1, -0.05) is 11.1 Å². The molecule has 4 heterocycles. The fourth-order valence-electron chi connectivity index (χ4n) is 3.41. The largest absolute Gasteiger partial charge is 0.339 e. The lowest BCUT2D eigenvalue weighted by atomic mass is 9.97. The second-order valence-electron chi connectivity index (χ2n) is 6.54. The minimum Gasteiger partial charge on any atom is -0.339 e. The number of terminal acetylenes is 1. The van der Waals surface area contributed by atoms with E-state index >= 15 is 0 Å². The van der Waals surface area contributed by atoms with E-state index < -0.39 is 0 Å². The van der Waals surface area contributed by atoms with E-state index in [1.807, 2.05) is 19.9 Å². The van der Waals surface area contributed by atoms with E-state index in [1.54, 1.807) is 10.7 Å². The molecule has 1 fully saturated rings. The number of fused-ring (bicyclic) bond motifs is 1. The minimum atomic E-state index is 0.286. The fourth-order valence-corrected chi connectivity index (χ4v) is 3.41. The molecule has 1 saturated heterocycles. The van der Waals surface area contributed by atoms with Crippen molar-refractivity contribution in [2.75, 3.05) is 19.6 Å². The zero-order valence-corrected chi connectivity index (χ0v) is 14.4. The standard InChI is InChI=1S/C18H20N6O/c1-4-7-23-8-5-14(6-9-23)18-21-16(22-25-18)15-11-19-24-13(3)10-12(2)20-17(15)24/h1,10-11,14H,5-9H2,2-3H3. The van der Waals surface area contributed by atoms with Crippen molar-refractivity contribution in [3.8, 4) is 23.7 Å². The lowest BCUT2D eigenvalue weighted by Gasteiger charge is -2.28. The fraction of sp³-hybridized carbons (Fsp3) is 0.444. The summed E-state index contributed by atoms with van der Waals surface area (Å²) in [5.41, 5.74) is 3.52. The summed E-state index contributed by atoms with van der Waals surface area (Å²) in [4.78, 5) is 11.5. The molecule has 0 saturated carbocycles. The number of hydrogen-bond donors (Lipinski definition) is 0. The van der Waals surface area contributed by atoms with Crippen molar-refractivity contribution >= 4 is 5.65 Å². The summed E-state index contributed by atoms with van der Waals surface area (Å²) in [5.74, 6) is 4.23. The van der Waals surface area contributed by atoms with Crippen LogP contribution in [0.5, 0.6) is 0 Å². The average molecular weight is 336 g/mol. The van der Waals surface area contributed by atoms with Gasteiger partial charge in [-0.25, -0.2) is 9.50 Å². The number of likely N-dealkylation sites (tertiary alicyclic amines) is 1. The van der Waals surface area contributed by atoms with Gasteiger partial charge in [-0.2, -0.15) is 10.1 Å². The Labute approximate surface area is 146 Å². The third-order valence-corrected chi connectivity index (χ3v) is 4.71. The second kappa shape index (κ2) is 6.30. The summed E-state index contributed by atoms with van der Waals surface area (Å²) < 4.78 is 7.35. The summed E-state index contributed by atoms with van der Waals surface area (Å²) in [6.45, 7) is 6.60. The van der Waals surface area contributed by atoms with Crippen molar-refractivity contribution in [2.24, 2.45) is 0 Å². The molecule has 0 atom stereocenters. The zero-order chi connectivity index (χ0) is 17.4. The van der Waals surface area contributed by atoms with Crippen LogP contribution in [0.15, 0.2) is 16.8 Å². The van der Waals surface area contributed by atoms with Gasteiger partial charge in [0.1, 0.15) is 0 Å². The van der Waals surface area contributed by atoms with E-state index in [-0.39, 0.29) is 5.92 Å². The molecule has 128 valence electrons. The SMILES string of the molecule is C#CCN1CCC(c2nc(-c3cnn4c(C)cc(C)nc34)no2)CC1. The number of piperidine rings is 1. The second-order valence-corrected chi connectivity index (χ2v) is 6.54. The molecule has 0 N–H and O–H groups in total. The topological polar surface area (TPSA) is 72.4 Å². The number of aryl methyl sites for hydroxylation is 2. The summed E-state index contributed by atoms with van der Waals surface area (Å²) in [6.07, 6.45) is 9.09. The van der Waals surface area contributed by atoms with Gasteiger partial charge in [0, 0.05) is 17.3 Å². The first-order valence-corrected chi connectivity index (χ1v) is 8.47. The molecule has 3 aromatic heterocycles. The molecule has 1 aliphatic heterocycles. The molecule has 0 aliphatic carbocycles. The van der Waals surface area contributed by atoms with Crippen LogP contribution in [0.4, 0.5) is 0 Å². The van der Waals surface area contributed by atoms with Crippen LogP contribution in [-0.2, 0) is 0 Å². The summed E-state index contributed by atoms with van der Waals surface area (Å²) in [7, 11) is 0. The van der Waals surface area contributed by atoms with Crippen molar-refractivity contribution in [3.05, 3.63) is 29.5 Å². The van der Waals surface area contributed by atoms with E-state index in [1.165, 1.54) is 0 Å². The molecule has 0 radical (unpaired) electrons. The maximum Gasteiger partial charge on any atom is 0.230 e. The van der Waals surface area contributed by atoms with Crippen LogP contribution < -0.4 is 0 Å². The molecule has 7 nitrogen and oxygen atoms in total. The smallest absolute Gasteiger partial charge is 0.230 e. The quantitative estimate of drug-likeness (QED) is 0.683. The minimum absolute atomic E-state index is 0.286. The Balaban J connectivity index is 1.59. The van der Waals surface area contributed by atoms with Gasteiger partial charge in [0.15, 0.2) is 5.65 Å².